The fraction of sp³-hybridized carbons (Fsp3) is 0.333. The molecule has 1 atom stereocenters. The van der Waals surface area contributed by atoms with E-state index in [9.17, 15) is 12.3 Å². The first-order valence-electron chi connectivity index (χ1n) is 4.34. The second-order valence-corrected chi connectivity index (χ2v) is 5.72. The molecule has 1 heterocycles. The van der Waals surface area contributed by atoms with Crippen LogP contribution in [0.5, 0.6) is 5.75 Å². The van der Waals surface area contributed by atoms with Crippen LogP contribution in [0, 0.1) is 0 Å². The lowest BCUT2D eigenvalue weighted by Crippen LogP contribution is -2.18. The minimum absolute atomic E-state index is 0.160. The lowest BCUT2D eigenvalue weighted by molar-refractivity contribution is 0.281. The predicted molar refractivity (Wildman–Crippen MR) is 57.0 cm³/mol. The van der Waals surface area contributed by atoms with E-state index in [0.29, 0.717) is 11.3 Å². The van der Waals surface area contributed by atoms with Gasteiger partial charge in [0.05, 0.1) is 6.61 Å². The van der Waals surface area contributed by atoms with Crippen molar-refractivity contribution >= 4 is 26.2 Å². The smallest absolute Gasteiger partial charge is 0.309 e. The van der Waals surface area contributed by atoms with Crippen LogP contribution < -0.4 is 4.74 Å². The van der Waals surface area contributed by atoms with Gasteiger partial charge in [-0.25, -0.2) is 0 Å². The monoisotopic (exact) mass is 294 g/mol. The first-order chi connectivity index (χ1) is 6.98. The molecule has 0 saturated carbocycles. The lowest BCUT2D eigenvalue weighted by atomic mass is 10.1. The van der Waals surface area contributed by atoms with Gasteiger partial charge in [0, 0.05) is 16.5 Å². The molecule has 6 heteroatoms. The van der Waals surface area contributed by atoms with Crippen molar-refractivity contribution in [2.24, 2.45) is 0 Å². The molecule has 0 radical (unpaired) electrons. The van der Waals surface area contributed by atoms with Crippen molar-refractivity contribution in [2.45, 2.75) is 11.7 Å². The number of ether oxygens (including phenoxy) is 1. The van der Waals surface area contributed by atoms with Gasteiger partial charge in [0.25, 0.3) is 0 Å². The van der Waals surface area contributed by atoms with E-state index < -0.39 is 15.5 Å². The Hall–Kier alpha value is -0.620. The number of benzene rings is 1. The first-order valence-corrected chi connectivity index (χ1v) is 6.58. The van der Waals surface area contributed by atoms with Gasteiger partial charge in [0.15, 0.2) is 0 Å². The van der Waals surface area contributed by atoms with Gasteiger partial charge >= 0.3 is 10.2 Å². The van der Waals surface area contributed by atoms with E-state index in [1.165, 1.54) is 0 Å². The van der Waals surface area contributed by atoms with Crippen LogP contribution in [0.2, 0.25) is 0 Å². The molecular formula is C9H8BrFO3S. The molecule has 1 aromatic carbocycles. The molecule has 0 N–H and O–H groups in total. The standard InChI is InChI=1S/C9H8BrFO3S/c10-6-1-2-7-8(5-6)14-4-3-9(7)15(11,12)13/h1-2,5,9H,3-4H2. The van der Waals surface area contributed by atoms with Gasteiger partial charge in [-0.2, -0.15) is 8.42 Å². The van der Waals surface area contributed by atoms with E-state index in [1.54, 1.807) is 18.2 Å². The van der Waals surface area contributed by atoms with Crippen molar-refractivity contribution in [3.05, 3.63) is 28.2 Å². The van der Waals surface area contributed by atoms with E-state index in [4.69, 9.17) is 4.74 Å². The van der Waals surface area contributed by atoms with Gasteiger partial charge in [-0.3, -0.25) is 0 Å². The Morgan fingerprint density at radius 3 is 2.87 bits per heavy atom. The van der Waals surface area contributed by atoms with Gasteiger partial charge in [0.2, 0.25) is 0 Å². The Bertz CT molecular complexity index is 486. The third-order valence-electron chi connectivity index (χ3n) is 2.30. The summed E-state index contributed by atoms with van der Waals surface area (Å²) in [4.78, 5) is 0. The number of hydrogen-bond acceptors (Lipinski definition) is 3. The number of hydrogen-bond donors (Lipinski definition) is 0. The van der Waals surface area contributed by atoms with Gasteiger partial charge in [0.1, 0.15) is 11.0 Å². The zero-order valence-electron chi connectivity index (χ0n) is 7.61. The van der Waals surface area contributed by atoms with Crippen LogP contribution in [0.1, 0.15) is 17.2 Å². The quantitative estimate of drug-likeness (QED) is 0.748. The molecular weight excluding hydrogens is 287 g/mol. The molecule has 1 aliphatic rings. The summed E-state index contributed by atoms with van der Waals surface area (Å²) in [6, 6.07) is 4.89. The summed E-state index contributed by atoms with van der Waals surface area (Å²) in [5, 5.41) is -1.09. The van der Waals surface area contributed by atoms with Crippen LogP contribution in [0.15, 0.2) is 22.7 Å². The summed E-state index contributed by atoms with van der Waals surface area (Å²) in [6.07, 6.45) is 0.160. The molecule has 82 valence electrons. The summed E-state index contributed by atoms with van der Waals surface area (Å²) in [6.45, 7) is 0.220. The highest BCUT2D eigenvalue weighted by molar-refractivity contribution is 9.10. The lowest BCUT2D eigenvalue weighted by Gasteiger charge is -2.23. The van der Waals surface area contributed by atoms with E-state index in [-0.39, 0.29) is 13.0 Å². The SMILES string of the molecule is O=S(=O)(F)C1CCOc2cc(Br)ccc21. The zero-order valence-corrected chi connectivity index (χ0v) is 10.0. The van der Waals surface area contributed by atoms with Crippen molar-refractivity contribution in [1.29, 1.82) is 0 Å². The van der Waals surface area contributed by atoms with E-state index in [0.717, 1.165) is 4.47 Å². The van der Waals surface area contributed by atoms with Gasteiger partial charge in [-0.05, 0) is 12.1 Å². The third-order valence-corrected chi connectivity index (χ3v) is 3.96. The second kappa shape index (κ2) is 3.75. The Kier molecular flexibility index (Phi) is 2.72. The van der Waals surface area contributed by atoms with E-state index in [2.05, 4.69) is 15.9 Å². The molecule has 1 aromatic rings. The van der Waals surface area contributed by atoms with Crippen molar-refractivity contribution < 1.29 is 17.0 Å². The first kappa shape index (κ1) is 10.9. The molecule has 0 aromatic heterocycles. The molecule has 0 aliphatic carbocycles. The van der Waals surface area contributed by atoms with Crippen LogP contribution in [-0.2, 0) is 10.2 Å². The second-order valence-electron chi connectivity index (χ2n) is 3.28. The summed E-state index contributed by atoms with van der Waals surface area (Å²) >= 11 is 3.24. The molecule has 1 unspecified atom stereocenters. The third kappa shape index (κ3) is 2.15. The van der Waals surface area contributed by atoms with Crippen molar-refractivity contribution in [2.75, 3.05) is 6.61 Å². The zero-order chi connectivity index (χ0) is 11.1. The van der Waals surface area contributed by atoms with Gasteiger partial charge in [-0.1, -0.05) is 22.0 Å². The Morgan fingerprint density at radius 2 is 2.20 bits per heavy atom. The minimum Gasteiger partial charge on any atom is -0.493 e. The van der Waals surface area contributed by atoms with Crippen LogP contribution >= 0.6 is 15.9 Å². The number of fused-ring (bicyclic) bond motifs is 1. The molecule has 2 rings (SSSR count). The molecule has 3 nitrogen and oxygen atoms in total. The van der Waals surface area contributed by atoms with Crippen molar-refractivity contribution in [1.82, 2.24) is 0 Å². The maximum atomic E-state index is 13.0. The normalized spacial score (nSPS) is 20.5. The van der Waals surface area contributed by atoms with Gasteiger partial charge in [-0.15, -0.1) is 3.89 Å². The van der Waals surface area contributed by atoms with E-state index in [1.807, 2.05) is 0 Å². The fourth-order valence-corrected chi connectivity index (χ4v) is 2.84. The summed E-state index contributed by atoms with van der Waals surface area (Å²) in [5.74, 6) is 0.432. The van der Waals surface area contributed by atoms with Crippen LogP contribution in [-0.4, -0.2) is 15.0 Å². The maximum absolute atomic E-state index is 13.0. The maximum Gasteiger partial charge on any atom is 0.309 e. The molecule has 0 fully saturated rings. The minimum atomic E-state index is -4.55. The Balaban J connectivity index is 2.52. The summed E-state index contributed by atoms with van der Waals surface area (Å²) < 4.78 is 40.8. The molecule has 15 heavy (non-hydrogen) atoms. The number of halogens is 2. The fourth-order valence-electron chi connectivity index (χ4n) is 1.62. The Morgan fingerprint density at radius 1 is 1.47 bits per heavy atom. The highest BCUT2D eigenvalue weighted by Gasteiger charge is 2.32. The van der Waals surface area contributed by atoms with Crippen LogP contribution in [0.3, 0.4) is 0 Å². The van der Waals surface area contributed by atoms with E-state index >= 15 is 0 Å². The molecule has 0 amide bonds. The Labute approximate surface area is 95.6 Å². The largest absolute Gasteiger partial charge is 0.493 e. The van der Waals surface area contributed by atoms with Crippen LogP contribution in [0.4, 0.5) is 3.89 Å². The van der Waals surface area contributed by atoms with Crippen molar-refractivity contribution in [3.63, 3.8) is 0 Å². The number of rotatable bonds is 1. The molecule has 0 bridgehead atoms. The van der Waals surface area contributed by atoms with Crippen LogP contribution in [0.25, 0.3) is 0 Å². The molecule has 0 spiro atoms. The molecule has 1 aliphatic heterocycles. The summed E-state index contributed by atoms with van der Waals surface area (Å²) in [7, 11) is -4.55. The average molecular weight is 295 g/mol. The average Bonchev–Trinajstić information content (AvgIpc) is 2.15. The predicted octanol–water partition coefficient (Wildman–Crippen LogP) is 2.57. The highest BCUT2D eigenvalue weighted by Crippen LogP contribution is 2.39. The molecule has 0 saturated heterocycles. The summed E-state index contributed by atoms with van der Waals surface area (Å²) in [5.41, 5.74) is 0.395. The van der Waals surface area contributed by atoms with Gasteiger partial charge < -0.3 is 4.74 Å². The topological polar surface area (TPSA) is 43.4 Å². The highest BCUT2D eigenvalue weighted by atomic mass is 79.9. The van der Waals surface area contributed by atoms with Crippen molar-refractivity contribution in [3.8, 4) is 5.75 Å².